The van der Waals surface area contributed by atoms with Gasteiger partial charge in [-0.05, 0) is 25.5 Å². The summed E-state index contributed by atoms with van der Waals surface area (Å²) in [6, 6.07) is 3.80. The molecule has 3 aromatic rings. The van der Waals surface area contributed by atoms with Crippen molar-refractivity contribution in [2.45, 2.75) is 64.1 Å². The second-order valence-corrected chi connectivity index (χ2v) is 8.90. The van der Waals surface area contributed by atoms with E-state index in [1.54, 1.807) is 6.92 Å². The first kappa shape index (κ1) is 24.3. The lowest BCUT2D eigenvalue weighted by Crippen LogP contribution is -2.36. The maximum atomic E-state index is 13.8. The summed E-state index contributed by atoms with van der Waals surface area (Å²) in [5, 5.41) is 21.6. The van der Waals surface area contributed by atoms with Crippen LogP contribution in [-0.2, 0) is 18.1 Å². The van der Waals surface area contributed by atoms with E-state index in [-0.39, 0.29) is 28.6 Å². The Morgan fingerprint density at radius 1 is 1.12 bits per heavy atom. The van der Waals surface area contributed by atoms with Gasteiger partial charge in [-0.25, -0.2) is 0 Å². The molecule has 0 spiro atoms. The van der Waals surface area contributed by atoms with E-state index in [1.165, 1.54) is 12.1 Å². The average Bonchev–Trinajstić information content (AvgIpc) is 3.43. The monoisotopic (exact) mass is 469 g/mol. The number of halogens is 3. The predicted octanol–water partition coefficient (Wildman–Crippen LogP) is 4.95. The standard InChI is InChI=1S/C21H26F3N5O2S/c1-3-4-5-6-7-8-16-26-17(29-31-16)14-10-9-13(11-15(14)21(22,23)24)18-27-28-19(32-18)20(2,25)12-30/h9-11,30H,3-8,12,25H2,1-2H3/t20-/m0/s1. The lowest BCUT2D eigenvalue weighted by atomic mass is 10.0. The molecule has 1 atom stereocenters. The number of unbranched alkanes of at least 4 members (excludes halogenated alkanes) is 4. The summed E-state index contributed by atoms with van der Waals surface area (Å²) in [6.45, 7) is 3.33. The van der Waals surface area contributed by atoms with Gasteiger partial charge in [-0.2, -0.15) is 18.2 Å². The van der Waals surface area contributed by atoms with Crippen molar-refractivity contribution in [2.24, 2.45) is 5.73 Å². The molecule has 0 bridgehead atoms. The number of nitrogens with zero attached hydrogens (tertiary/aromatic N) is 4. The lowest BCUT2D eigenvalue weighted by Gasteiger charge is -2.16. The molecule has 0 amide bonds. The van der Waals surface area contributed by atoms with Crippen LogP contribution in [0.25, 0.3) is 22.0 Å². The van der Waals surface area contributed by atoms with Gasteiger partial charge in [0.25, 0.3) is 0 Å². The molecule has 0 radical (unpaired) electrons. The highest BCUT2D eigenvalue weighted by atomic mass is 32.1. The molecule has 0 saturated heterocycles. The third-order valence-corrected chi connectivity index (χ3v) is 6.27. The first-order valence-electron chi connectivity index (χ1n) is 10.4. The van der Waals surface area contributed by atoms with E-state index in [2.05, 4.69) is 27.3 Å². The van der Waals surface area contributed by atoms with Gasteiger partial charge in [-0.3, -0.25) is 0 Å². The van der Waals surface area contributed by atoms with Crippen molar-refractivity contribution in [1.82, 2.24) is 20.3 Å². The molecule has 174 valence electrons. The van der Waals surface area contributed by atoms with Gasteiger partial charge in [-0.1, -0.05) is 55.2 Å². The Morgan fingerprint density at radius 3 is 2.56 bits per heavy atom. The van der Waals surface area contributed by atoms with Crippen LogP contribution in [0.4, 0.5) is 13.2 Å². The predicted molar refractivity (Wildman–Crippen MR) is 115 cm³/mol. The van der Waals surface area contributed by atoms with Crippen molar-refractivity contribution in [3.05, 3.63) is 34.7 Å². The SMILES string of the molecule is CCCCCCCc1nc(-c2ccc(-c3nnc([C@@](C)(N)CO)s3)cc2C(F)(F)F)no1. The maximum absolute atomic E-state index is 13.8. The van der Waals surface area contributed by atoms with E-state index >= 15 is 0 Å². The van der Waals surface area contributed by atoms with Crippen molar-refractivity contribution in [3.63, 3.8) is 0 Å². The van der Waals surface area contributed by atoms with Gasteiger partial charge in [0, 0.05) is 17.5 Å². The number of aliphatic hydroxyl groups is 1. The molecule has 3 N–H and O–H groups in total. The van der Waals surface area contributed by atoms with E-state index in [4.69, 9.17) is 10.3 Å². The summed E-state index contributed by atoms with van der Waals surface area (Å²) in [5.74, 6) is 0.230. The third-order valence-electron chi connectivity index (χ3n) is 5.02. The summed E-state index contributed by atoms with van der Waals surface area (Å²) in [4.78, 5) is 4.17. The van der Waals surface area contributed by atoms with E-state index in [9.17, 15) is 18.3 Å². The van der Waals surface area contributed by atoms with Crippen LogP contribution in [0.2, 0.25) is 0 Å². The second kappa shape index (κ2) is 10.1. The Labute approximate surface area is 187 Å². The average molecular weight is 470 g/mol. The fourth-order valence-electron chi connectivity index (χ4n) is 3.09. The number of hydrogen-bond donors (Lipinski definition) is 2. The van der Waals surface area contributed by atoms with E-state index in [0.717, 1.165) is 49.5 Å². The molecule has 0 aliphatic heterocycles. The molecule has 1 aromatic carbocycles. The normalized spacial score (nSPS) is 14.0. The molecule has 2 aromatic heterocycles. The van der Waals surface area contributed by atoms with Crippen LogP contribution in [0.15, 0.2) is 22.7 Å². The fraction of sp³-hybridized carbons (Fsp3) is 0.524. The first-order valence-corrected chi connectivity index (χ1v) is 11.3. The number of aromatic nitrogens is 4. The van der Waals surface area contributed by atoms with Crippen molar-refractivity contribution in [1.29, 1.82) is 0 Å². The van der Waals surface area contributed by atoms with Crippen LogP contribution in [0.5, 0.6) is 0 Å². The van der Waals surface area contributed by atoms with Gasteiger partial charge in [-0.15, -0.1) is 10.2 Å². The quantitative estimate of drug-likeness (QED) is 0.404. The largest absolute Gasteiger partial charge is 0.417 e. The van der Waals surface area contributed by atoms with Crippen LogP contribution in [-0.4, -0.2) is 32.1 Å². The number of rotatable bonds is 10. The van der Waals surface area contributed by atoms with Gasteiger partial charge in [0.1, 0.15) is 10.0 Å². The molecule has 7 nitrogen and oxygen atoms in total. The molecular weight excluding hydrogens is 443 g/mol. The van der Waals surface area contributed by atoms with Crippen molar-refractivity contribution in [2.75, 3.05) is 6.61 Å². The Kier molecular flexibility index (Phi) is 7.63. The van der Waals surface area contributed by atoms with E-state index in [0.29, 0.717) is 17.3 Å². The zero-order valence-corrected chi connectivity index (χ0v) is 18.8. The topological polar surface area (TPSA) is 111 Å². The van der Waals surface area contributed by atoms with Crippen LogP contribution in [0.3, 0.4) is 0 Å². The molecule has 0 aliphatic carbocycles. The maximum Gasteiger partial charge on any atom is 0.417 e. The van der Waals surface area contributed by atoms with Crippen LogP contribution in [0, 0.1) is 0 Å². The highest BCUT2D eigenvalue weighted by Gasteiger charge is 2.36. The van der Waals surface area contributed by atoms with Crippen molar-refractivity contribution in [3.8, 4) is 22.0 Å². The number of hydrogen-bond acceptors (Lipinski definition) is 8. The minimum Gasteiger partial charge on any atom is -0.394 e. The molecule has 2 heterocycles. The molecule has 11 heteroatoms. The summed E-state index contributed by atoms with van der Waals surface area (Å²) in [6.07, 6.45) is 1.14. The van der Waals surface area contributed by atoms with Gasteiger partial charge >= 0.3 is 6.18 Å². The van der Waals surface area contributed by atoms with Crippen LogP contribution < -0.4 is 5.73 Å². The zero-order chi connectivity index (χ0) is 23.4. The Morgan fingerprint density at radius 2 is 1.88 bits per heavy atom. The molecule has 0 aliphatic rings. The van der Waals surface area contributed by atoms with Gasteiger partial charge in [0.2, 0.25) is 11.7 Å². The minimum absolute atomic E-state index is 0.0970. The third kappa shape index (κ3) is 5.70. The summed E-state index contributed by atoms with van der Waals surface area (Å²) in [7, 11) is 0. The summed E-state index contributed by atoms with van der Waals surface area (Å²) in [5.41, 5.74) is 4.00. The van der Waals surface area contributed by atoms with Gasteiger partial charge < -0.3 is 15.4 Å². The Bertz CT molecular complexity index is 1030. The molecule has 0 unspecified atom stereocenters. The first-order chi connectivity index (χ1) is 15.2. The molecule has 0 saturated carbocycles. The highest BCUT2D eigenvalue weighted by molar-refractivity contribution is 7.14. The summed E-state index contributed by atoms with van der Waals surface area (Å²) >= 11 is 1.03. The van der Waals surface area contributed by atoms with E-state index in [1.807, 2.05) is 0 Å². The number of aliphatic hydroxyl groups excluding tert-OH is 1. The fourth-order valence-corrected chi connectivity index (χ4v) is 3.98. The van der Waals surface area contributed by atoms with Crippen LogP contribution in [0.1, 0.15) is 62.4 Å². The Balaban J connectivity index is 1.86. The zero-order valence-electron chi connectivity index (χ0n) is 17.9. The number of alkyl halides is 3. The van der Waals surface area contributed by atoms with Gasteiger partial charge in [0.15, 0.2) is 0 Å². The number of aryl methyl sites for hydroxylation is 1. The van der Waals surface area contributed by atoms with E-state index < -0.39 is 17.3 Å². The van der Waals surface area contributed by atoms with Gasteiger partial charge in [0.05, 0.1) is 17.7 Å². The molecule has 32 heavy (non-hydrogen) atoms. The number of nitrogens with two attached hydrogens (primary N) is 1. The van der Waals surface area contributed by atoms with Crippen molar-refractivity contribution < 1.29 is 22.8 Å². The number of benzene rings is 1. The molecule has 3 rings (SSSR count). The summed E-state index contributed by atoms with van der Waals surface area (Å²) < 4.78 is 46.7. The molecular formula is C21H26F3N5O2S. The second-order valence-electron chi connectivity index (χ2n) is 7.92. The van der Waals surface area contributed by atoms with Crippen molar-refractivity contribution >= 4 is 11.3 Å². The smallest absolute Gasteiger partial charge is 0.394 e. The Hall–Kier alpha value is -2.37. The highest BCUT2D eigenvalue weighted by Crippen LogP contribution is 2.39. The minimum atomic E-state index is -4.63. The lowest BCUT2D eigenvalue weighted by molar-refractivity contribution is -0.137. The molecule has 0 fully saturated rings. The van der Waals surface area contributed by atoms with Crippen LogP contribution >= 0.6 is 11.3 Å².